The van der Waals surface area contributed by atoms with E-state index in [-0.39, 0.29) is 4.83 Å². The molecule has 0 spiro atoms. The highest BCUT2D eigenvalue weighted by atomic mass is 79.9. The summed E-state index contributed by atoms with van der Waals surface area (Å²) in [6.45, 7) is 2.19. The summed E-state index contributed by atoms with van der Waals surface area (Å²) >= 11 is 9.31. The third kappa shape index (κ3) is 11.3. The van der Waals surface area contributed by atoms with Gasteiger partial charge in [0.05, 0.1) is 0 Å². The number of rotatable bonds is 7. The lowest BCUT2D eigenvalue weighted by Crippen LogP contribution is -2.11. The van der Waals surface area contributed by atoms with Gasteiger partial charge in [0.2, 0.25) is 3.49 Å². The summed E-state index contributed by atoms with van der Waals surface area (Å²) in [7, 11) is 0. The van der Waals surface area contributed by atoms with E-state index in [1.165, 1.54) is 25.7 Å². The molecule has 0 fully saturated rings. The average Bonchev–Trinajstić information content (AvgIpc) is 1.94. The summed E-state index contributed by atoms with van der Waals surface area (Å²) in [4.78, 5) is 0.258. The normalized spacial score (nSPS) is 14.5. The maximum Gasteiger partial charge on any atom is 0.220 e. The van der Waals surface area contributed by atoms with Crippen molar-refractivity contribution in [3.63, 3.8) is 0 Å². The Kier molecular flexibility index (Phi) is 8.44. The molecule has 0 radical (unpaired) electrons. The first kappa shape index (κ1) is 14.4. The van der Waals surface area contributed by atoms with Crippen LogP contribution in [0.4, 0.5) is 4.39 Å². The van der Waals surface area contributed by atoms with Crippen molar-refractivity contribution >= 4 is 47.8 Å². The molecule has 0 heterocycles. The number of halogens is 4. The van der Waals surface area contributed by atoms with E-state index in [0.29, 0.717) is 6.42 Å². The minimum absolute atomic E-state index is 0.258. The molecule has 1 unspecified atom stereocenters. The van der Waals surface area contributed by atoms with E-state index in [1.54, 1.807) is 0 Å². The molecule has 80 valence electrons. The highest BCUT2D eigenvalue weighted by Gasteiger charge is 2.24. The Morgan fingerprint density at radius 1 is 1.23 bits per heavy atom. The summed E-state index contributed by atoms with van der Waals surface area (Å²) in [5.74, 6) is 0. The summed E-state index contributed by atoms with van der Waals surface area (Å²) in [5, 5.41) is 0. The molecule has 0 saturated carbocycles. The van der Waals surface area contributed by atoms with Crippen LogP contribution in [0.15, 0.2) is 0 Å². The summed E-state index contributed by atoms with van der Waals surface area (Å²) < 4.78 is 11.6. The standard InChI is InChI=1S/C9H16Br3F/c1-2-3-4-5-6-8(10)7-9(11,12)13/h8H,2-7H2,1H3. The Labute approximate surface area is 105 Å². The lowest BCUT2D eigenvalue weighted by molar-refractivity contribution is 0.397. The molecule has 0 N–H and O–H groups in total. The molecule has 0 aliphatic rings. The molecular weight excluding hydrogens is 367 g/mol. The van der Waals surface area contributed by atoms with Crippen molar-refractivity contribution < 1.29 is 4.39 Å². The van der Waals surface area contributed by atoms with E-state index in [4.69, 9.17) is 0 Å². The zero-order valence-corrected chi connectivity index (χ0v) is 12.6. The van der Waals surface area contributed by atoms with Crippen molar-refractivity contribution in [1.82, 2.24) is 0 Å². The van der Waals surface area contributed by atoms with Crippen molar-refractivity contribution in [3.05, 3.63) is 0 Å². The lowest BCUT2D eigenvalue weighted by atomic mass is 10.1. The maximum absolute atomic E-state index is 13.0. The van der Waals surface area contributed by atoms with Gasteiger partial charge >= 0.3 is 0 Å². The predicted octanol–water partition coefficient (Wildman–Crippen LogP) is 5.52. The number of unbranched alkanes of at least 4 members (excludes halogenated alkanes) is 3. The number of alkyl halides is 4. The van der Waals surface area contributed by atoms with Gasteiger partial charge < -0.3 is 0 Å². The van der Waals surface area contributed by atoms with Gasteiger partial charge in [-0.05, 0) is 38.3 Å². The van der Waals surface area contributed by atoms with Gasteiger partial charge in [-0.15, -0.1) is 0 Å². The first-order chi connectivity index (χ1) is 5.95. The third-order valence-corrected chi connectivity index (χ3v) is 3.25. The molecule has 0 rings (SSSR count). The van der Waals surface area contributed by atoms with E-state index in [9.17, 15) is 4.39 Å². The first-order valence-electron chi connectivity index (χ1n) is 4.66. The molecule has 0 saturated heterocycles. The minimum atomic E-state index is -1.40. The lowest BCUT2D eigenvalue weighted by Gasteiger charge is -2.14. The predicted molar refractivity (Wildman–Crippen MR) is 67.8 cm³/mol. The van der Waals surface area contributed by atoms with E-state index in [2.05, 4.69) is 54.7 Å². The second-order valence-corrected chi connectivity index (χ2v) is 8.14. The second-order valence-electron chi connectivity index (χ2n) is 3.27. The Balaban J connectivity index is 3.35. The second kappa shape index (κ2) is 7.63. The van der Waals surface area contributed by atoms with Gasteiger partial charge in [-0.2, -0.15) is 0 Å². The summed E-state index contributed by atoms with van der Waals surface area (Å²) in [6, 6.07) is 0. The fraction of sp³-hybridized carbons (Fsp3) is 1.00. The molecule has 0 amide bonds. The van der Waals surface area contributed by atoms with Crippen LogP contribution in [0, 0.1) is 0 Å². The van der Waals surface area contributed by atoms with E-state index < -0.39 is 3.49 Å². The Morgan fingerprint density at radius 3 is 2.31 bits per heavy atom. The topological polar surface area (TPSA) is 0 Å². The fourth-order valence-electron chi connectivity index (χ4n) is 1.15. The van der Waals surface area contributed by atoms with Gasteiger partial charge in [0, 0.05) is 11.2 Å². The molecular formula is C9H16Br3F. The highest BCUT2D eigenvalue weighted by Crippen LogP contribution is 2.36. The van der Waals surface area contributed by atoms with E-state index in [1.807, 2.05) is 0 Å². The van der Waals surface area contributed by atoms with Crippen LogP contribution < -0.4 is 0 Å². The third-order valence-electron chi connectivity index (χ3n) is 1.82. The zero-order chi connectivity index (χ0) is 10.3. The van der Waals surface area contributed by atoms with Gasteiger partial charge in [-0.25, -0.2) is 4.39 Å². The SMILES string of the molecule is CCCCCCC(Br)CC(F)(Br)Br. The van der Waals surface area contributed by atoms with Crippen LogP contribution in [0.3, 0.4) is 0 Å². The average molecular weight is 383 g/mol. The maximum atomic E-state index is 13.0. The smallest absolute Gasteiger partial charge is 0.219 e. The monoisotopic (exact) mass is 380 g/mol. The molecule has 0 aromatic rings. The van der Waals surface area contributed by atoms with Crippen LogP contribution in [-0.2, 0) is 0 Å². The quantitative estimate of drug-likeness (QED) is 0.401. The van der Waals surface area contributed by atoms with Crippen molar-refractivity contribution in [2.24, 2.45) is 0 Å². The van der Waals surface area contributed by atoms with Crippen LogP contribution in [0.1, 0.15) is 45.4 Å². The van der Waals surface area contributed by atoms with Gasteiger partial charge in [0.15, 0.2) is 0 Å². The Morgan fingerprint density at radius 2 is 1.85 bits per heavy atom. The van der Waals surface area contributed by atoms with Crippen molar-refractivity contribution in [1.29, 1.82) is 0 Å². The molecule has 0 aliphatic carbocycles. The molecule has 0 aliphatic heterocycles. The summed E-state index contributed by atoms with van der Waals surface area (Å²) in [6.07, 6.45) is 6.46. The summed E-state index contributed by atoms with van der Waals surface area (Å²) in [5.41, 5.74) is 0. The first-order valence-corrected chi connectivity index (χ1v) is 7.16. The molecule has 0 nitrogen and oxygen atoms in total. The molecule has 0 aromatic heterocycles. The van der Waals surface area contributed by atoms with Crippen LogP contribution in [0.5, 0.6) is 0 Å². The molecule has 0 aromatic carbocycles. The fourth-order valence-corrected chi connectivity index (χ4v) is 3.57. The van der Waals surface area contributed by atoms with Gasteiger partial charge in [-0.1, -0.05) is 48.5 Å². The minimum Gasteiger partial charge on any atom is -0.219 e. The molecule has 13 heavy (non-hydrogen) atoms. The molecule has 4 heteroatoms. The Bertz CT molecular complexity index is 123. The number of hydrogen-bond acceptors (Lipinski definition) is 0. The van der Waals surface area contributed by atoms with Gasteiger partial charge in [0.25, 0.3) is 0 Å². The molecule has 1 atom stereocenters. The van der Waals surface area contributed by atoms with Crippen molar-refractivity contribution in [2.45, 2.75) is 53.8 Å². The zero-order valence-electron chi connectivity index (χ0n) is 7.83. The van der Waals surface area contributed by atoms with Crippen molar-refractivity contribution in [2.75, 3.05) is 0 Å². The van der Waals surface area contributed by atoms with Gasteiger partial charge in [0.1, 0.15) is 0 Å². The number of hydrogen-bond donors (Lipinski definition) is 0. The highest BCUT2D eigenvalue weighted by molar-refractivity contribution is 9.25. The van der Waals surface area contributed by atoms with Crippen LogP contribution in [0.2, 0.25) is 0 Å². The Hall–Kier alpha value is 1.37. The van der Waals surface area contributed by atoms with Gasteiger partial charge in [-0.3, -0.25) is 0 Å². The van der Waals surface area contributed by atoms with E-state index in [0.717, 1.165) is 6.42 Å². The molecule has 0 bridgehead atoms. The van der Waals surface area contributed by atoms with Crippen LogP contribution >= 0.6 is 47.8 Å². The van der Waals surface area contributed by atoms with Crippen LogP contribution in [-0.4, -0.2) is 8.31 Å². The van der Waals surface area contributed by atoms with Crippen molar-refractivity contribution in [3.8, 4) is 0 Å². The van der Waals surface area contributed by atoms with Crippen LogP contribution in [0.25, 0.3) is 0 Å². The largest absolute Gasteiger partial charge is 0.220 e. The van der Waals surface area contributed by atoms with E-state index >= 15 is 0 Å².